The second kappa shape index (κ2) is 4.98. The Hall–Kier alpha value is -1.56. The first-order valence-electron chi connectivity index (χ1n) is 5.67. The maximum absolute atomic E-state index is 13.1. The lowest BCUT2D eigenvalue weighted by atomic mass is 9.95. The van der Waals surface area contributed by atoms with Crippen LogP contribution in [0.4, 0.5) is 10.1 Å². The molecule has 0 amide bonds. The number of nitrogens with zero attached hydrogens (tertiary/aromatic N) is 2. The summed E-state index contributed by atoms with van der Waals surface area (Å²) in [7, 11) is 0. The lowest BCUT2D eigenvalue weighted by Gasteiger charge is -2.33. The van der Waals surface area contributed by atoms with Crippen LogP contribution in [-0.2, 0) is 0 Å². The molecular weight excluding hydrogens is 203 g/mol. The van der Waals surface area contributed by atoms with Crippen molar-refractivity contribution >= 4 is 5.69 Å². The van der Waals surface area contributed by atoms with Crippen molar-refractivity contribution < 1.29 is 4.39 Å². The van der Waals surface area contributed by atoms with Gasteiger partial charge < -0.3 is 4.90 Å². The van der Waals surface area contributed by atoms with E-state index in [1.165, 1.54) is 6.07 Å². The maximum atomic E-state index is 13.1. The molecule has 1 unspecified atom stereocenters. The van der Waals surface area contributed by atoms with Gasteiger partial charge in [0, 0.05) is 25.2 Å². The molecule has 0 aromatic heterocycles. The van der Waals surface area contributed by atoms with E-state index in [-0.39, 0.29) is 5.82 Å². The van der Waals surface area contributed by atoms with E-state index in [9.17, 15) is 4.39 Å². The van der Waals surface area contributed by atoms with E-state index in [1.807, 2.05) is 6.07 Å². The van der Waals surface area contributed by atoms with E-state index < -0.39 is 0 Å². The summed E-state index contributed by atoms with van der Waals surface area (Å²) >= 11 is 0. The number of rotatable bonds is 2. The van der Waals surface area contributed by atoms with E-state index in [0.29, 0.717) is 12.3 Å². The van der Waals surface area contributed by atoms with Gasteiger partial charge in [-0.2, -0.15) is 5.26 Å². The van der Waals surface area contributed by atoms with Crippen LogP contribution in [-0.4, -0.2) is 13.1 Å². The summed E-state index contributed by atoms with van der Waals surface area (Å²) in [4.78, 5) is 2.18. The van der Waals surface area contributed by atoms with Crippen molar-refractivity contribution in [1.29, 1.82) is 5.26 Å². The maximum Gasteiger partial charge on any atom is 0.125 e. The molecule has 1 fully saturated rings. The van der Waals surface area contributed by atoms with Crippen molar-refractivity contribution in [2.75, 3.05) is 18.0 Å². The normalized spacial score (nSPS) is 20.5. The van der Waals surface area contributed by atoms with Crippen molar-refractivity contribution in [2.24, 2.45) is 5.92 Å². The topological polar surface area (TPSA) is 27.0 Å². The molecule has 1 aromatic carbocycles. The third-order valence-corrected chi connectivity index (χ3v) is 3.07. The molecule has 2 rings (SSSR count). The van der Waals surface area contributed by atoms with E-state index in [1.54, 1.807) is 12.1 Å². The summed E-state index contributed by atoms with van der Waals surface area (Å²) in [5.41, 5.74) is 0.933. The van der Waals surface area contributed by atoms with Gasteiger partial charge in [0.05, 0.1) is 6.07 Å². The Morgan fingerprint density at radius 1 is 1.50 bits per heavy atom. The molecule has 84 valence electrons. The zero-order valence-corrected chi connectivity index (χ0v) is 9.19. The molecule has 1 aliphatic heterocycles. The van der Waals surface area contributed by atoms with Crippen molar-refractivity contribution in [1.82, 2.24) is 0 Å². The molecule has 1 atom stereocenters. The largest absolute Gasteiger partial charge is 0.371 e. The van der Waals surface area contributed by atoms with Crippen molar-refractivity contribution in [3.05, 3.63) is 30.1 Å². The van der Waals surface area contributed by atoms with Crippen LogP contribution in [0.15, 0.2) is 24.3 Å². The van der Waals surface area contributed by atoms with E-state index in [2.05, 4.69) is 11.0 Å². The fourth-order valence-corrected chi connectivity index (χ4v) is 2.27. The van der Waals surface area contributed by atoms with Crippen LogP contribution in [0.3, 0.4) is 0 Å². The summed E-state index contributed by atoms with van der Waals surface area (Å²) in [6.07, 6.45) is 2.80. The highest BCUT2D eigenvalue weighted by atomic mass is 19.1. The van der Waals surface area contributed by atoms with Gasteiger partial charge in [0.15, 0.2) is 0 Å². The number of hydrogen-bond acceptors (Lipinski definition) is 2. The minimum absolute atomic E-state index is 0.195. The van der Waals surface area contributed by atoms with Gasteiger partial charge in [-0.15, -0.1) is 0 Å². The molecule has 0 bridgehead atoms. The van der Waals surface area contributed by atoms with Crippen molar-refractivity contribution in [2.45, 2.75) is 19.3 Å². The summed E-state index contributed by atoms with van der Waals surface area (Å²) in [5.74, 6) is 0.238. The molecule has 0 spiro atoms. The molecule has 0 saturated carbocycles. The van der Waals surface area contributed by atoms with Crippen molar-refractivity contribution in [3.63, 3.8) is 0 Å². The predicted octanol–water partition coefficient (Wildman–Crippen LogP) is 2.96. The Morgan fingerprint density at radius 3 is 3.12 bits per heavy atom. The molecule has 0 N–H and O–H groups in total. The molecular formula is C13H15FN2. The number of nitriles is 1. The lowest BCUT2D eigenvalue weighted by molar-refractivity contribution is 0.421. The second-order valence-electron chi connectivity index (χ2n) is 4.30. The zero-order valence-electron chi connectivity index (χ0n) is 9.19. The molecule has 2 nitrogen and oxygen atoms in total. The van der Waals surface area contributed by atoms with Gasteiger partial charge in [-0.3, -0.25) is 0 Å². The Labute approximate surface area is 95.3 Å². The van der Waals surface area contributed by atoms with Gasteiger partial charge in [0.1, 0.15) is 5.82 Å². The minimum atomic E-state index is -0.195. The van der Waals surface area contributed by atoms with Gasteiger partial charge in [-0.25, -0.2) is 4.39 Å². The molecule has 0 radical (unpaired) electrons. The van der Waals surface area contributed by atoms with Crippen molar-refractivity contribution in [3.8, 4) is 6.07 Å². The number of halogens is 1. The SMILES string of the molecule is N#CCC1CCCN(c2cccc(F)c2)C1. The van der Waals surface area contributed by atoms with Crippen LogP contribution in [0.5, 0.6) is 0 Å². The Bertz CT molecular complexity index is 397. The van der Waals surface area contributed by atoms with Crippen LogP contribution in [0.25, 0.3) is 0 Å². The fraction of sp³-hybridized carbons (Fsp3) is 0.462. The summed E-state index contributed by atoms with van der Waals surface area (Å²) < 4.78 is 13.1. The molecule has 1 heterocycles. The highest BCUT2D eigenvalue weighted by Gasteiger charge is 2.19. The number of hydrogen-bond donors (Lipinski definition) is 0. The Balaban J connectivity index is 2.07. The lowest BCUT2D eigenvalue weighted by Crippen LogP contribution is -2.35. The predicted molar refractivity (Wildman–Crippen MR) is 61.6 cm³/mol. The third kappa shape index (κ3) is 2.52. The van der Waals surface area contributed by atoms with Crippen LogP contribution in [0.1, 0.15) is 19.3 Å². The fourth-order valence-electron chi connectivity index (χ4n) is 2.27. The van der Waals surface area contributed by atoms with Gasteiger partial charge in [0.25, 0.3) is 0 Å². The quantitative estimate of drug-likeness (QED) is 0.763. The molecule has 3 heteroatoms. The van der Waals surface area contributed by atoms with Gasteiger partial charge in [0.2, 0.25) is 0 Å². The van der Waals surface area contributed by atoms with Crippen LogP contribution in [0.2, 0.25) is 0 Å². The van der Waals surface area contributed by atoms with Crippen LogP contribution >= 0.6 is 0 Å². The molecule has 16 heavy (non-hydrogen) atoms. The van der Waals surface area contributed by atoms with E-state index in [0.717, 1.165) is 31.6 Å². The molecule has 1 saturated heterocycles. The van der Waals surface area contributed by atoms with Gasteiger partial charge in [-0.05, 0) is 37.0 Å². The zero-order chi connectivity index (χ0) is 11.4. The van der Waals surface area contributed by atoms with Gasteiger partial charge in [-0.1, -0.05) is 6.07 Å². The molecule has 0 aliphatic carbocycles. The number of benzene rings is 1. The highest BCUT2D eigenvalue weighted by Crippen LogP contribution is 2.25. The number of piperidine rings is 1. The summed E-state index contributed by atoms with van der Waals surface area (Å²) in [6, 6.07) is 8.91. The average Bonchev–Trinajstić information content (AvgIpc) is 2.30. The first kappa shape index (κ1) is 10.9. The average molecular weight is 218 g/mol. The monoisotopic (exact) mass is 218 g/mol. The number of anilines is 1. The first-order chi connectivity index (χ1) is 7.79. The summed E-state index contributed by atoms with van der Waals surface area (Å²) in [5, 5.41) is 8.69. The second-order valence-corrected chi connectivity index (χ2v) is 4.30. The molecule has 1 aromatic rings. The standard InChI is InChI=1S/C13H15FN2/c14-12-4-1-5-13(9-12)16-8-2-3-11(10-16)6-7-15/h1,4-5,9,11H,2-3,6,8,10H2. The highest BCUT2D eigenvalue weighted by molar-refractivity contribution is 5.46. The smallest absolute Gasteiger partial charge is 0.125 e. The van der Waals surface area contributed by atoms with E-state index >= 15 is 0 Å². The van der Waals surface area contributed by atoms with Crippen LogP contribution < -0.4 is 4.90 Å². The van der Waals surface area contributed by atoms with E-state index in [4.69, 9.17) is 5.26 Å². The first-order valence-corrected chi connectivity index (χ1v) is 5.67. The third-order valence-electron chi connectivity index (χ3n) is 3.07. The molecule has 1 aliphatic rings. The van der Waals surface area contributed by atoms with Gasteiger partial charge >= 0.3 is 0 Å². The Kier molecular flexibility index (Phi) is 3.40. The minimum Gasteiger partial charge on any atom is -0.371 e. The Morgan fingerprint density at radius 2 is 2.38 bits per heavy atom. The summed E-state index contributed by atoms with van der Waals surface area (Å²) in [6.45, 7) is 1.84. The van der Waals surface area contributed by atoms with Crippen LogP contribution in [0, 0.1) is 23.1 Å².